The van der Waals surface area contributed by atoms with Crippen LogP contribution >= 0.6 is 11.3 Å². The van der Waals surface area contributed by atoms with Gasteiger partial charge in [0.25, 0.3) is 5.91 Å². The van der Waals surface area contributed by atoms with Gasteiger partial charge in [-0.1, -0.05) is 85.2 Å². The number of amides is 3. The molecule has 2 aromatic rings. The second kappa shape index (κ2) is 21.3. The molecule has 0 saturated carbocycles. The van der Waals surface area contributed by atoms with Crippen molar-refractivity contribution in [2.24, 2.45) is 23.7 Å². The van der Waals surface area contributed by atoms with Crippen LogP contribution in [0.3, 0.4) is 0 Å². The summed E-state index contributed by atoms with van der Waals surface area (Å²) < 4.78 is 11.4. The molecular formula is C38H56N4O9S. The lowest BCUT2D eigenvalue weighted by Crippen LogP contribution is -2.56. The van der Waals surface area contributed by atoms with Crippen molar-refractivity contribution < 1.29 is 43.3 Å². The molecule has 0 radical (unpaired) electrons. The monoisotopic (exact) mass is 744 g/mol. The van der Waals surface area contributed by atoms with Crippen molar-refractivity contribution in [1.82, 2.24) is 20.5 Å². The molecule has 13 nitrogen and oxygen atoms in total. The van der Waals surface area contributed by atoms with E-state index in [1.54, 1.807) is 6.92 Å². The second-order valence-electron chi connectivity index (χ2n) is 14.2. The molecule has 6 unspecified atom stereocenters. The summed E-state index contributed by atoms with van der Waals surface area (Å²) in [6, 6.07) is 7.37. The van der Waals surface area contributed by atoms with E-state index in [0.717, 1.165) is 16.9 Å². The number of hydrogen-bond acceptors (Lipinski definition) is 10. The molecule has 0 spiro atoms. The van der Waals surface area contributed by atoms with Gasteiger partial charge in [-0.05, 0) is 36.2 Å². The van der Waals surface area contributed by atoms with Gasteiger partial charge in [0.15, 0.2) is 12.8 Å². The van der Waals surface area contributed by atoms with E-state index in [1.165, 1.54) is 24.1 Å². The highest BCUT2D eigenvalue weighted by atomic mass is 32.1. The molecule has 52 heavy (non-hydrogen) atoms. The van der Waals surface area contributed by atoms with Crippen molar-refractivity contribution in [1.29, 1.82) is 0 Å². The second-order valence-corrected chi connectivity index (χ2v) is 15.1. The Morgan fingerprint density at radius 3 is 2.13 bits per heavy atom. The number of nitrogens with one attached hydrogen (secondary N) is 2. The van der Waals surface area contributed by atoms with E-state index < -0.39 is 59.9 Å². The normalized spacial score (nSPS) is 14.8. The number of aromatic nitrogens is 1. The lowest BCUT2D eigenvalue weighted by molar-refractivity contribution is -0.160. The number of esters is 2. The fraction of sp³-hybridized carbons (Fsp3) is 0.605. The number of ether oxygens (including phenoxy) is 2. The highest BCUT2D eigenvalue weighted by Gasteiger charge is 2.38. The van der Waals surface area contributed by atoms with Crippen LogP contribution in [0.5, 0.6) is 0 Å². The predicted octanol–water partition coefficient (Wildman–Crippen LogP) is 5.54. The first-order chi connectivity index (χ1) is 24.4. The van der Waals surface area contributed by atoms with Crippen LogP contribution in [0, 0.1) is 23.7 Å². The smallest absolute Gasteiger partial charge is 0.307 e. The van der Waals surface area contributed by atoms with E-state index in [1.807, 2.05) is 71.9 Å². The zero-order chi connectivity index (χ0) is 39.1. The van der Waals surface area contributed by atoms with Gasteiger partial charge in [-0.2, -0.15) is 0 Å². The average Bonchev–Trinajstić information content (AvgIpc) is 3.56. The standard InChI is InChI=1S/C38H56N4O9S/c1-10-24(6)34(39-26(8)43)37(47)42(21-50-33(45)16-22(2)3)31(23(4)5)19-32(51-27(9)44)36-41-30(20-52-36)35(46)40-29(17-25(7)38(48)49)18-28-14-12-11-13-15-28/h11-15,20,22-25,29,31-32,34H,10,16-19,21H2,1-9H3,(H,39,43)(H,40,46)(H,48,49). The van der Waals surface area contributed by atoms with Crippen molar-refractivity contribution in [2.45, 2.75) is 119 Å². The third-order valence-corrected chi connectivity index (χ3v) is 9.68. The number of carbonyl (C=O) groups is 6. The molecule has 1 aromatic heterocycles. The van der Waals surface area contributed by atoms with Gasteiger partial charge in [-0.3, -0.25) is 28.8 Å². The highest BCUT2D eigenvalue weighted by Crippen LogP contribution is 2.32. The van der Waals surface area contributed by atoms with Crippen molar-refractivity contribution in [3.63, 3.8) is 0 Å². The predicted molar refractivity (Wildman–Crippen MR) is 197 cm³/mol. The molecule has 2 rings (SSSR count). The van der Waals surface area contributed by atoms with Crippen LogP contribution in [0.1, 0.15) is 115 Å². The molecule has 6 atom stereocenters. The number of aliphatic carboxylic acids is 1. The molecule has 14 heteroatoms. The molecule has 3 amide bonds. The summed E-state index contributed by atoms with van der Waals surface area (Å²) in [6.07, 6.45) is 0.421. The van der Waals surface area contributed by atoms with E-state index in [-0.39, 0.29) is 55.3 Å². The molecule has 0 aliphatic rings. The first-order valence-corrected chi connectivity index (χ1v) is 18.7. The maximum atomic E-state index is 14.3. The number of rotatable bonds is 21. The SMILES string of the molecule is CCC(C)C(NC(C)=O)C(=O)N(COC(=O)CC(C)C)C(CC(OC(C)=O)c1nc(C(=O)NC(Cc2ccccc2)CC(C)C(=O)O)cs1)C(C)C. The van der Waals surface area contributed by atoms with E-state index in [4.69, 9.17) is 9.47 Å². The largest absolute Gasteiger partial charge is 0.481 e. The number of hydrogen-bond donors (Lipinski definition) is 3. The first-order valence-electron chi connectivity index (χ1n) is 17.9. The van der Waals surface area contributed by atoms with Gasteiger partial charge in [0, 0.05) is 44.2 Å². The molecule has 0 aliphatic carbocycles. The number of carboxylic acids is 1. The van der Waals surface area contributed by atoms with Gasteiger partial charge < -0.3 is 30.1 Å². The van der Waals surface area contributed by atoms with Gasteiger partial charge in [-0.15, -0.1) is 11.3 Å². The Kier molecular flexibility index (Phi) is 17.9. The number of carboxylic acid groups (broad SMARTS) is 1. The zero-order valence-electron chi connectivity index (χ0n) is 31.8. The molecule has 0 bridgehead atoms. The third-order valence-electron chi connectivity index (χ3n) is 8.74. The average molecular weight is 745 g/mol. The van der Waals surface area contributed by atoms with Gasteiger partial charge in [0.05, 0.1) is 5.92 Å². The Labute approximate surface area is 311 Å². The molecule has 0 fully saturated rings. The molecule has 3 N–H and O–H groups in total. The van der Waals surface area contributed by atoms with Crippen molar-refractivity contribution >= 4 is 47.0 Å². The van der Waals surface area contributed by atoms with Crippen LogP contribution in [0.15, 0.2) is 35.7 Å². The van der Waals surface area contributed by atoms with Crippen LogP contribution in [0.4, 0.5) is 0 Å². The molecule has 1 aromatic carbocycles. The highest BCUT2D eigenvalue weighted by molar-refractivity contribution is 7.09. The topological polar surface area (TPSA) is 181 Å². The third kappa shape index (κ3) is 14.4. The number of carbonyl (C=O) groups excluding carboxylic acids is 5. The van der Waals surface area contributed by atoms with Crippen LogP contribution < -0.4 is 10.6 Å². The van der Waals surface area contributed by atoms with E-state index >= 15 is 0 Å². The Balaban J connectivity index is 2.46. The summed E-state index contributed by atoms with van der Waals surface area (Å²) in [7, 11) is 0. The summed E-state index contributed by atoms with van der Waals surface area (Å²) in [5.41, 5.74) is 0.999. The Morgan fingerprint density at radius 1 is 0.942 bits per heavy atom. The van der Waals surface area contributed by atoms with E-state index in [0.29, 0.717) is 17.8 Å². The van der Waals surface area contributed by atoms with E-state index in [9.17, 15) is 33.9 Å². The van der Waals surface area contributed by atoms with Crippen molar-refractivity contribution in [3.8, 4) is 0 Å². The van der Waals surface area contributed by atoms with Crippen LogP contribution in [-0.4, -0.2) is 75.5 Å². The van der Waals surface area contributed by atoms with Gasteiger partial charge >= 0.3 is 17.9 Å². The number of thiazole rings is 1. The van der Waals surface area contributed by atoms with Crippen LogP contribution in [0.2, 0.25) is 0 Å². The molecular weight excluding hydrogens is 689 g/mol. The summed E-state index contributed by atoms with van der Waals surface area (Å²) in [5.74, 6) is -4.55. The lowest BCUT2D eigenvalue weighted by Gasteiger charge is -2.38. The van der Waals surface area contributed by atoms with Crippen LogP contribution in [0.25, 0.3) is 0 Å². The summed E-state index contributed by atoms with van der Waals surface area (Å²) >= 11 is 1.11. The molecule has 288 valence electrons. The number of nitrogens with zero attached hydrogens (tertiary/aromatic N) is 2. The Bertz CT molecular complexity index is 1500. The summed E-state index contributed by atoms with van der Waals surface area (Å²) in [5, 5.41) is 17.1. The van der Waals surface area contributed by atoms with E-state index in [2.05, 4.69) is 15.6 Å². The summed E-state index contributed by atoms with van der Waals surface area (Å²) in [6.45, 7) is 15.1. The first kappa shape index (κ1) is 43.8. The van der Waals surface area contributed by atoms with Gasteiger partial charge in [-0.25, -0.2) is 4.98 Å². The lowest BCUT2D eigenvalue weighted by atomic mass is 9.93. The number of benzene rings is 1. The summed E-state index contributed by atoms with van der Waals surface area (Å²) in [4.78, 5) is 82.6. The maximum Gasteiger partial charge on any atom is 0.307 e. The zero-order valence-corrected chi connectivity index (χ0v) is 32.7. The van der Waals surface area contributed by atoms with Crippen molar-refractivity contribution in [3.05, 3.63) is 52.0 Å². The Hall–Kier alpha value is -4.33. The minimum absolute atomic E-state index is 0.0311. The fourth-order valence-electron chi connectivity index (χ4n) is 5.73. The van der Waals surface area contributed by atoms with Crippen molar-refractivity contribution in [2.75, 3.05) is 6.73 Å². The molecule has 0 aliphatic heterocycles. The minimum atomic E-state index is -0.979. The maximum absolute atomic E-state index is 14.3. The Morgan fingerprint density at radius 2 is 1.60 bits per heavy atom. The van der Waals surface area contributed by atoms with Gasteiger partial charge in [0.1, 0.15) is 16.7 Å². The minimum Gasteiger partial charge on any atom is -0.481 e. The molecule has 1 heterocycles. The quantitative estimate of drug-likeness (QED) is 0.108. The van der Waals surface area contributed by atoms with Crippen LogP contribution in [-0.2, 0) is 39.9 Å². The molecule has 0 saturated heterocycles. The fourth-order valence-corrected chi connectivity index (χ4v) is 6.57. The van der Waals surface area contributed by atoms with Gasteiger partial charge in [0.2, 0.25) is 11.8 Å².